The number of nitrogens with one attached hydrogen (secondary N) is 1. The predicted octanol–water partition coefficient (Wildman–Crippen LogP) is 4.78. The largest absolute Gasteiger partial charge is 0.319 e. The Bertz CT molecular complexity index is 509. The molecule has 0 saturated heterocycles. The second-order valence-electron chi connectivity index (χ2n) is 4.69. The molecule has 1 aromatic heterocycles. The lowest BCUT2D eigenvalue weighted by atomic mass is 9.95. The zero-order chi connectivity index (χ0) is 13.7. The van der Waals surface area contributed by atoms with Crippen molar-refractivity contribution in [2.45, 2.75) is 12.8 Å². The van der Waals surface area contributed by atoms with Crippen molar-refractivity contribution in [3.8, 4) is 0 Å². The Labute approximate surface area is 132 Å². The van der Waals surface area contributed by atoms with Crippen LogP contribution in [0.3, 0.4) is 0 Å². The van der Waals surface area contributed by atoms with Crippen LogP contribution in [0.15, 0.2) is 40.2 Å². The number of benzene rings is 1. The van der Waals surface area contributed by atoms with E-state index in [1.807, 2.05) is 30.5 Å². The molecular formula is C15H17BrClNS. The topological polar surface area (TPSA) is 12.0 Å². The maximum Gasteiger partial charge on any atom is 0.0406 e. The quantitative estimate of drug-likeness (QED) is 0.783. The zero-order valence-corrected chi connectivity index (χ0v) is 14.0. The summed E-state index contributed by atoms with van der Waals surface area (Å²) in [5.41, 5.74) is 1.35. The van der Waals surface area contributed by atoms with Crippen molar-refractivity contribution in [2.75, 3.05) is 13.6 Å². The van der Waals surface area contributed by atoms with Crippen LogP contribution in [0.5, 0.6) is 0 Å². The molecule has 1 aromatic carbocycles. The first kappa shape index (κ1) is 15.0. The third-order valence-electron chi connectivity index (χ3n) is 3.04. The molecule has 4 heteroatoms. The maximum absolute atomic E-state index is 5.93. The average Bonchev–Trinajstić information content (AvgIpc) is 2.78. The van der Waals surface area contributed by atoms with Crippen molar-refractivity contribution in [1.82, 2.24) is 5.32 Å². The van der Waals surface area contributed by atoms with Gasteiger partial charge in [0.05, 0.1) is 0 Å². The summed E-state index contributed by atoms with van der Waals surface area (Å²) in [6.45, 7) is 1.03. The summed E-state index contributed by atoms with van der Waals surface area (Å²) >= 11 is 11.3. The van der Waals surface area contributed by atoms with Gasteiger partial charge >= 0.3 is 0 Å². The molecule has 0 radical (unpaired) electrons. The Morgan fingerprint density at radius 1 is 1.26 bits per heavy atom. The normalized spacial score (nSPS) is 12.6. The monoisotopic (exact) mass is 357 g/mol. The summed E-state index contributed by atoms with van der Waals surface area (Å²) in [5, 5.41) is 6.24. The first-order valence-corrected chi connectivity index (χ1v) is 8.34. The third kappa shape index (κ3) is 4.92. The Kier molecular flexibility index (Phi) is 5.89. The van der Waals surface area contributed by atoms with Crippen LogP contribution < -0.4 is 5.32 Å². The Hall–Kier alpha value is -0.350. The fraction of sp³-hybridized carbons (Fsp3) is 0.333. The lowest BCUT2D eigenvalue weighted by Gasteiger charge is -2.16. The van der Waals surface area contributed by atoms with E-state index in [4.69, 9.17) is 11.6 Å². The van der Waals surface area contributed by atoms with Crippen LogP contribution in [0.2, 0.25) is 5.02 Å². The zero-order valence-electron chi connectivity index (χ0n) is 10.8. The summed E-state index contributed by atoms with van der Waals surface area (Å²) < 4.78 is 1.18. The lowest BCUT2D eigenvalue weighted by Crippen LogP contribution is -2.22. The van der Waals surface area contributed by atoms with Gasteiger partial charge < -0.3 is 5.32 Å². The molecule has 1 heterocycles. The fourth-order valence-electron chi connectivity index (χ4n) is 2.20. The van der Waals surface area contributed by atoms with Gasteiger partial charge in [-0.2, -0.15) is 0 Å². The van der Waals surface area contributed by atoms with Gasteiger partial charge in [0.2, 0.25) is 0 Å². The van der Waals surface area contributed by atoms with E-state index in [1.54, 1.807) is 0 Å². The minimum absolute atomic E-state index is 0.608. The summed E-state index contributed by atoms with van der Waals surface area (Å²) in [5.74, 6) is 0.608. The highest BCUT2D eigenvalue weighted by Gasteiger charge is 2.11. The first-order valence-electron chi connectivity index (χ1n) is 6.29. The second kappa shape index (κ2) is 7.44. The van der Waals surface area contributed by atoms with Gasteiger partial charge in [0.1, 0.15) is 0 Å². The summed E-state index contributed by atoms with van der Waals surface area (Å²) in [6, 6.07) is 10.4. The molecule has 0 aliphatic carbocycles. The van der Waals surface area contributed by atoms with E-state index >= 15 is 0 Å². The Balaban J connectivity index is 2.01. The van der Waals surface area contributed by atoms with Crippen LogP contribution in [0, 0.1) is 5.92 Å². The molecule has 0 aliphatic rings. The molecule has 0 bridgehead atoms. The van der Waals surface area contributed by atoms with Gasteiger partial charge in [0, 0.05) is 19.8 Å². The average molecular weight is 359 g/mol. The molecule has 102 valence electrons. The molecule has 0 spiro atoms. The minimum atomic E-state index is 0.608. The molecule has 1 nitrogen and oxygen atoms in total. The number of halogens is 2. The van der Waals surface area contributed by atoms with Crippen LogP contribution in [0.1, 0.15) is 10.4 Å². The van der Waals surface area contributed by atoms with E-state index in [2.05, 4.69) is 44.8 Å². The van der Waals surface area contributed by atoms with E-state index in [9.17, 15) is 0 Å². The van der Waals surface area contributed by atoms with E-state index in [-0.39, 0.29) is 0 Å². The lowest BCUT2D eigenvalue weighted by molar-refractivity contribution is 0.496. The van der Waals surface area contributed by atoms with Gasteiger partial charge in [-0.25, -0.2) is 0 Å². The molecular weight excluding hydrogens is 342 g/mol. The third-order valence-corrected chi connectivity index (χ3v) is 5.01. The van der Waals surface area contributed by atoms with Crippen LogP contribution >= 0.6 is 38.9 Å². The molecule has 1 N–H and O–H groups in total. The number of rotatable bonds is 6. The smallest absolute Gasteiger partial charge is 0.0406 e. The van der Waals surface area contributed by atoms with E-state index in [1.165, 1.54) is 14.9 Å². The number of hydrogen-bond donors (Lipinski definition) is 1. The Morgan fingerprint density at radius 2 is 2.00 bits per heavy atom. The van der Waals surface area contributed by atoms with Gasteiger partial charge in [-0.1, -0.05) is 23.7 Å². The molecule has 1 atom stereocenters. The highest BCUT2D eigenvalue weighted by Crippen LogP contribution is 2.24. The molecule has 2 aromatic rings. The van der Waals surface area contributed by atoms with E-state index < -0.39 is 0 Å². The molecule has 0 aliphatic heterocycles. The highest BCUT2D eigenvalue weighted by molar-refractivity contribution is 9.10. The van der Waals surface area contributed by atoms with Gasteiger partial charge in [-0.15, -0.1) is 11.3 Å². The van der Waals surface area contributed by atoms with Crippen LogP contribution in [0.25, 0.3) is 0 Å². The standard InChI is InChI=1S/C15H17BrClNS/c1-18-9-12(7-15-8-13(16)10-19-15)6-11-2-4-14(17)5-3-11/h2-5,8,10,12,18H,6-7,9H2,1H3. The number of hydrogen-bond acceptors (Lipinski definition) is 2. The first-order chi connectivity index (χ1) is 9.17. The fourth-order valence-corrected chi connectivity index (χ4v) is 3.90. The summed E-state index contributed by atoms with van der Waals surface area (Å²) in [6.07, 6.45) is 2.19. The van der Waals surface area contributed by atoms with Crippen molar-refractivity contribution < 1.29 is 0 Å². The van der Waals surface area contributed by atoms with Gasteiger partial charge in [0.25, 0.3) is 0 Å². The van der Waals surface area contributed by atoms with Gasteiger partial charge in [0.15, 0.2) is 0 Å². The van der Waals surface area contributed by atoms with Crippen molar-refractivity contribution in [1.29, 1.82) is 0 Å². The number of thiophene rings is 1. The van der Waals surface area contributed by atoms with Gasteiger partial charge in [-0.05, 0) is 72.0 Å². The van der Waals surface area contributed by atoms with E-state index in [0.717, 1.165) is 24.4 Å². The maximum atomic E-state index is 5.93. The molecule has 2 rings (SSSR count). The molecule has 1 unspecified atom stereocenters. The summed E-state index contributed by atoms with van der Waals surface area (Å²) in [4.78, 5) is 1.43. The van der Waals surface area contributed by atoms with Crippen molar-refractivity contribution in [3.05, 3.63) is 55.6 Å². The van der Waals surface area contributed by atoms with Crippen molar-refractivity contribution in [3.63, 3.8) is 0 Å². The van der Waals surface area contributed by atoms with Gasteiger partial charge in [-0.3, -0.25) is 0 Å². The summed E-state index contributed by atoms with van der Waals surface area (Å²) in [7, 11) is 2.01. The molecule has 0 fully saturated rings. The van der Waals surface area contributed by atoms with Crippen molar-refractivity contribution in [2.24, 2.45) is 5.92 Å². The molecule has 0 saturated carbocycles. The molecule has 19 heavy (non-hydrogen) atoms. The van der Waals surface area contributed by atoms with Crippen molar-refractivity contribution >= 4 is 38.9 Å². The Morgan fingerprint density at radius 3 is 2.58 bits per heavy atom. The van der Waals surface area contributed by atoms with E-state index in [0.29, 0.717) is 5.92 Å². The second-order valence-corrected chi connectivity index (χ2v) is 7.04. The SMILES string of the molecule is CNCC(Cc1ccc(Cl)cc1)Cc1cc(Br)cs1. The van der Waals surface area contributed by atoms with Crippen LogP contribution in [-0.2, 0) is 12.8 Å². The minimum Gasteiger partial charge on any atom is -0.319 e. The van der Waals surface area contributed by atoms with Crippen LogP contribution in [-0.4, -0.2) is 13.6 Å². The predicted molar refractivity (Wildman–Crippen MR) is 88.3 cm³/mol. The van der Waals surface area contributed by atoms with Crippen LogP contribution in [0.4, 0.5) is 0 Å². The molecule has 0 amide bonds. The highest BCUT2D eigenvalue weighted by atomic mass is 79.9.